The maximum Gasteiger partial charge on any atom is 0.194 e. The van der Waals surface area contributed by atoms with Gasteiger partial charge in [0.1, 0.15) is 0 Å². The van der Waals surface area contributed by atoms with Crippen LogP contribution in [0.3, 0.4) is 0 Å². The van der Waals surface area contributed by atoms with Crippen molar-refractivity contribution in [2.75, 3.05) is 0 Å². The molecule has 0 spiro atoms. The number of aromatic nitrogens is 1. The van der Waals surface area contributed by atoms with Gasteiger partial charge in [-0.05, 0) is 12.8 Å². The van der Waals surface area contributed by atoms with E-state index in [1.54, 1.807) is 6.07 Å². The molecule has 0 bridgehead atoms. The Morgan fingerprint density at radius 3 is 1.46 bits per heavy atom. The summed E-state index contributed by atoms with van der Waals surface area (Å²) in [5.74, 6) is 0.182. The van der Waals surface area contributed by atoms with Gasteiger partial charge < -0.3 is 10.2 Å². The van der Waals surface area contributed by atoms with Crippen molar-refractivity contribution in [2.24, 2.45) is 0 Å². The molecule has 0 atom stereocenters. The highest BCUT2D eigenvalue weighted by molar-refractivity contribution is 5.32. The highest BCUT2D eigenvalue weighted by Crippen LogP contribution is 2.23. The zero-order valence-electron chi connectivity index (χ0n) is 15.8. The van der Waals surface area contributed by atoms with Crippen LogP contribution in [-0.2, 0) is 6.42 Å². The first-order valence-electron chi connectivity index (χ1n) is 10.3. The van der Waals surface area contributed by atoms with E-state index in [1.807, 2.05) is 0 Å². The highest BCUT2D eigenvalue weighted by atomic mass is 16.3. The molecule has 1 rings (SSSR count). The Morgan fingerprint density at radius 1 is 0.667 bits per heavy atom. The van der Waals surface area contributed by atoms with E-state index in [0.717, 1.165) is 18.4 Å². The van der Waals surface area contributed by atoms with Gasteiger partial charge in [0.05, 0.1) is 0 Å². The molecule has 0 saturated carbocycles. The second-order valence-electron chi connectivity index (χ2n) is 7.23. The molecule has 0 aliphatic heterocycles. The summed E-state index contributed by atoms with van der Waals surface area (Å²) in [4.78, 5) is 2.52. The molecule has 3 nitrogen and oxygen atoms in total. The van der Waals surface area contributed by atoms with Gasteiger partial charge >= 0.3 is 0 Å². The Bertz CT molecular complexity index is 401. The summed E-state index contributed by atoms with van der Waals surface area (Å²) in [6, 6.07) is 1.62. The van der Waals surface area contributed by atoms with Crippen molar-refractivity contribution < 1.29 is 10.2 Å². The van der Waals surface area contributed by atoms with E-state index in [1.165, 1.54) is 89.9 Å². The number of rotatable bonds is 16. The van der Waals surface area contributed by atoms with Crippen LogP contribution in [0.2, 0.25) is 0 Å². The number of aromatic hydroxyl groups is 2. The van der Waals surface area contributed by atoms with Crippen molar-refractivity contribution in [3.8, 4) is 11.8 Å². The number of hydrogen-bond acceptors (Lipinski definition) is 2. The molecule has 3 N–H and O–H groups in total. The van der Waals surface area contributed by atoms with Gasteiger partial charge in [-0.2, -0.15) is 0 Å². The van der Waals surface area contributed by atoms with Crippen LogP contribution in [0.1, 0.15) is 109 Å². The molecule has 0 amide bonds. The summed E-state index contributed by atoms with van der Waals surface area (Å²) >= 11 is 0. The predicted octanol–water partition coefficient (Wildman–Crippen LogP) is 6.84. The van der Waals surface area contributed by atoms with Crippen molar-refractivity contribution in [1.29, 1.82) is 0 Å². The summed E-state index contributed by atoms with van der Waals surface area (Å²) in [5, 5.41) is 18.8. The zero-order valence-corrected chi connectivity index (χ0v) is 15.8. The second kappa shape index (κ2) is 14.2. The van der Waals surface area contributed by atoms with Crippen LogP contribution in [-0.4, -0.2) is 15.2 Å². The maximum absolute atomic E-state index is 9.53. The van der Waals surface area contributed by atoms with E-state index in [9.17, 15) is 10.2 Å². The van der Waals surface area contributed by atoms with E-state index >= 15 is 0 Å². The van der Waals surface area contributed by atoms with Crippen molar-refractivity contribution in [1.82, 2.24) is 4.98 Å². The summed E-state index contributed by atoms with van der Waals surface area (Å²) in [6.07, 6.45) is 21.3. The molecule has 1 heterocycles. The Morgan fingerprint density at radius 2 is 1.08 bits per heavy atom. The molecule has 0 fully saturated rings. The van der Waals surface area contributed by atoms with Crippen molar-refractivity contribution in [2.45, 2.75) is 110 Å². The molecule has 0 aromatic carbocycles. The molecule has 24 heavy (non-hydrogen) atoms. The number of aryl methyl sites for hydroxylation is 1. The molecule has 0 saturated heterocycles. The third kappa shape index (κ3) is 10.6. The standard InChI is InChI=1S/C21H39NO2/c1-2-3-4-5-6-7-8-9-10-11-12-13-14-15-16-17-19-18-20(23)22-21(19)24/h18,22-24H,2-17H2,1H3. The number of H-pyrrole nitrogens is 1. The number of aromatic amines is 1. The minimum absolute atomic E-state index is 0.0588. The highest BCUT2D eigenvalue weighted by Gasteiger charge is 2.05. The lowest BCUT2D eigenvalue weighted by atomic mass is 10.0. The molecular formula is C21H39NO2. The lowest BCUT2D eigenvalue weighted by Crippen LogP contribution is -1.86. The van der Waals surface area contributed by atoms with Gasteiger partial charge in [0.25, 0.3) is 0 Å². The molecule has 140 valence electrons. The largest absolute Gasteiger partial charge is 0.495 e. The van der Waals surface area contributed by atoms with E-state index in [4.69, 9.17) is 0 Å². The maximum atomic E-state index is 9.53. The molecule has 1 aromatic heterocycles. The average Bonchev–Trinajstić information content (AvgIpc) is 2.88. The molecule has 3 heteroatoms. The fourth-order valence-electron chi connectivity index (χ4n) is 3.35. The van der Waals surface area contributed by atoms with E-state index in [-0.39, 0.29) is 11.8 Å². The van der Waals surface area contributed by atoms with Crippen LogP contribution in [0.4, 0.5) is 0 Å². The Hall–Kier alpha value is -1.12. The van der Waals surface area contributed by atoms with Crippen molar-refractivity contribution in [3.05, 3.63) is 11.6 Å². The minimum Gasteiger partial charge on any atom is -0.495 e. The second-order valence-corrected chi connectivity index (χ2v) is 7.23. The predicted molar refractivity (Wildman–Crippen MR) is 103 cm³/mol. The van der Waals surface area contributed by atoms with E-state index in [2.05, 4.69) is 11.9 Å². The van der Waals surface area contributed by atoms with E-state index < -0.39 is 0 Å². The van der Waals surface area contributed by atoms with Crippen molar-refractivity contribution in [3.63, 3.8) is 0 Å². The van der Waals surface area contributed by atoms with Gasteiger partial charge in [0.15, 0.2) is 11.8 Å². The first kappa shape index (κ1) is 20.9. The molecule has 0 unspecified atom stereocenters. The van der Waals surface area contributed by atoms with Gasteiger partial charge in [0.2, 0.25) is 0 Å². The number of nitrogens with one attached hydrogen (secondary N) is 1. The molecule has 1 aromatic rings. The minimum atomic E-state index is 0.0588. The first-order chi connectivity index (χ1) is 11.7. The molecule has 0 aliphatic carbocycles. The van der Waals surface area contributed by atoms with Crippen molar-refractivity contribution >= 4 is 0 Å². The lowest BCUT2D eigenvalue weighted by molar-refractivity contribution is 0.422. The zero-order chi connectivity index (χ0) is 17.5. The molecule has 0 radical (unpaired) electrons. The number of unbranched alkanes of at least 4 members (excludes halogenated alkanes) is 14. The third-order valence-electron chi connectivity index (χ3n) is 4.91. The monoisotopic (exact) mass is 337 g/mol. The van der Waals surface area contributed by atoms with E-state index in [0.29, 0.717) is 0 Å². The third-order valence-corrected chi connectivity index (χ3v) is 4.91. The fourth-order valence-corrected chi connectivity index (χ4v) is 3.35. The van der Waals surface area contributed by atoms with Crippen LogP contribution >= 0.6 is 0 Å². The van der Waals surface area contributed by atoms with Gasteiger partial charge in [-0.3, -0.25) is 4.98 Å². The van der Waals surface area contributed by atoms with Crippen LogP contribution in [0, 0.1) is 0 Å². The van der Waals surface area contributed by atoms with Gasteiger partial charge in [-0.25, -0.2) is 0 Å². The Kier molecular flexibility index (Phi) is 12.4. The topological polar surface area (TPSA) is 56.2 Å². The quantitative estimate of drug-likeness (QED) is 0.289. The SMILES string of the molecule is CCCCCCCCCCCCCCCCCc1cc(O)[nH]c1O. The van der Waals surface area contributed by atoms with Crippen LogP contribution < -0.4 is 0 Å². The van der Waals surface area contributed by atoms with Crippen LogP contribution in [0.5, 0.6) is 11.8 Å². The molecular weight excluding hydrogens is 298 g/mol. The summed E-state index contributed by atoms with van der Waals surface area (Å²) in [5.41, 5.74) is 0.835. The summed E-state index contributed by atoms with van der Waals surface area (Å²) in [6.45, 7) is 2.28. The van der Waals surface area contributed by atoms with Gasteiger partial charge in [-0.15, -0.1) is 0 Å². The summed E-state index contributed by atoms with van der Waals surface area (Å²) in [7, 11) is 0. The Balaban J connectivity index is 1.77. The summed E-state index contributed by atoms with van der Waals surface area (Å²) < 4.78 is 0. The van der Waals surface area contributed by atoms with Gasteiger partial charge in [0, 0.05) is 11.6 Å². The number of hydrogen-bond donors (Lipinski definition) is 3. The van der Waals surface area contributed by atoms with Crippen LogP contribution in [0.25, 0.3) is 0 Å². The van der Waals surface area contributed by atoms with Gasteiger partial charge in [-0.1, -0.05) is 96.8 Å². The Labute approximate surface area is 148 Å². The fraction of sp³-hybridized carbons (Fsp3) is 0.810. The average molecular weight is 338 g/mol. The normalized spacial score (nSPS) is 11.2. The lowest BCUT2D eigenvalue weighted by Gasteiger charge is -2.03. The molecule has 0 aliphatic rings. The van der Waals surface area contributed by atoms with Crippen LogP contribution in [0.15, 0.2) is 6.07 Å². The smallest absolute Gasteiger partial charge is 0.194 e. The first-order valence-corrected chi connectivity index (χ1v) is 10.3.